The topological polar surface area (TPSA) is 111 Å². The van der Waals surface area contributed by atoms with Gasteiger partial charge < -0.3 is 25.2 Å². The van der Waals surface area contributed by atoms with Gasteiger partial charge in [0.05, 0.1) is 24.7 Å². The third-order valence-corrected chi connectivity index (χ3v) is 7.86. The molecule has 2 atom stereocenters. The molecule has 0 spiro atoms. The van der Waals surface area contributed by atoms with E-state index in [1.165, 1.54) is 0 Å². The number of nitriles is 1. The molecule has 0 bridgehead atoms. The number of morpholine rings is 1. The SMILES string of the molecule is [2H]c1ccc2c(N3C[C@H](CN4CCN(c5nc(C)cc(N6CC(C)(N)C6)n5)CC4)O[C@H](C)C3)ccc(C#N)c2n1. The molecule has 0 unspecified atom stereocenters. The minimum absolute atomic E-state index is 0.0585. The van der Waals surface area contributed by atoms with Gasteiger partial charge in [-0.1, -0.05) is 0 Å². The average molecular weight is 529 g/mol. The molecule has 10 nitrogen and oxygen atoms in total. The predicted octanol–water partition coefficient (Wildman–Crippen LogP) is 2.16. The smallest absolute Gasteiger partial charge is 0.227 e. The molecule has 0 saturated carbocycles. The van der Waals surface area contributed by atoms with E-state index in [0.29, 0.717) is 11.1 Å². The summed E-state index contributed by atoms with van der Waals surface area (Å²) in [5.74, 6) is 1.76. The number of hydrogen-bond acceptors (Lipinski definition) is 10. The van der Waals surface area contributed by atoms with Gasteiger partial charge in [-0.05, 0) is 45.0 Å². The second-order valence-corrected chi connectivity index (χ2v) is 11.5. The van der Waals surface area contributed by atoms with E-state index in [1.54, 1.807) is 6.07 Å². The van der Waals surface area contributed by atoms with Gasteiger partial charge in [0, 0.05) is 93.4 Å². The van der Waals surface area contributed by atoms with Crippen molar-refractivity contribution in [2.75, 3.05) is 73.6 Å². The minimum Gasteiger partial charge on any atom is -0.370 e. The predicted molar refractivity (Wildman–Crippen MR) is 153 cm³/mol. The molecule has 3 aliphatic rings. The Labute approximate surface area is 231 Å². The van der Waals surface area contributed by atoms with Crippen LogP contribution in [0.3, 0.4) is 0 Å². The summed E-state index contributed by atoms with van der Waals surface area (Å²) < 4.78 is 14.3. The fraction of sp³-hybridized carbons (Fsp3) is 0.517. The maximum atomic E-state index is 9.56. The number of aryl methyl sites for hydroxylation is 1. The van der Waals surface area contributed by atoms with E-state index in [-0.39, 0.29) is 23.9 Å². The summed E-state index contributed by atoms with van der Waals surface area (Å²) in [5.41, 5.74) is 9.17. The molecule has 2 N–H and O–H groups in total. The first-order valence-corrected chi connectivity index (χ1v) is 13.8. The van der Waals surface area contributed by atoms with Crippen LogP contribution in [0.1, 0.15) is 26.5 Å². The number of fused-ring (bicyclic) bond motifs is 1. The van der Waals surface area contributed by atoms with Crippen LogP contribution in [0.15, 0.2) is 36.5 Å². The Bertz CT molecular complexity index is 1440. The normalized spacial score (nSPS) is 23.9. The van der Waals surface area contributed by atoms with Crippen LogP contribution in [-0.2, 0) is 4.74 Å². The molecule has 3 saturated heterocycles. The first kappa shape index (κ1) is 24.5. The van der Waals surface area contributed by atoms with Crippen molar-refractivity contribution in [1.29, 1.82) is 5.26 Å². The molecule has 1 aromatic carbocycles. The highest BCUT2D eigenvalue weighted by Crippen LogP contribution is 2.31. The van der Waals surface area contributed by atoms with E-state index in [9.17, 15) is 5.26 Å². The summed E-state index contributed by atoms with van der Waals surface area (Å²) >= 11 is 0. The van der Waals surface area contributed by atoms with E-state index in [4.69, 9.17) is 21.8 Å². The number of rotatable bonds is 5. The van der Waals surface area contributed by atoms with Crippen LogP contribution in [0.2, 0.25) is 0 Å². The Hall–Kier alpha value is -3.52. The molecule has 3 fully saturated rings. The highest BCUT2D eigenvalue weighted by molar-refractivity contribution is 5.95. The molecule has 39 heavy (non-hydrogen) atoms. The Balaban J connectivity index is 1.10. The molecule has 204 valence electrons. The Morgan fingerprint density at radius 3 is 2.67 bits per heavy atom. The fourth-order valence-corrected chi connectivity index (χ4v) is 6.06. The fourth-order valence-electron chi connectivity index (χ4n) is 6.06. The van der Waals surface area contributed by atoms with Gasteiger partial charge in [0.2, 0.25) is 5.95 Å². The second kappa shape index (κ2) is 10.2. The van der Waals surface area contributed by atoms with Gasteiger partial charge in [0.25, 0.3) is 0 Å². The Morgan fingerprint density at radius 2 is 1.92 bits per heavy atom. The largest absolute Gasteiger partial charge is 0.370 e. The summed E-state index contributed by atoms with van der Waals surface area (Å²) in [4.78, 5) is 23.3. The van der Waals surface area contributed by atoms with Crippen LogP contribution in [0, 0.1) is 18.3 Å². The van der Waals surface area contributed by atoms with E-state index >= 15 is 0 Å². The van der Waals surface area contributed by atoms with Crippen molar-refractivity contribution in [3.8, 4) is 6.07 Å². The number of nitrogens with two attached hydrogens (primary N) is 1. The average Bonchev–Trinajstić information content (AvgIpc) is 2.90. The lowest BCUT2D eigenvalue weighted by molar-refractivity contribution is -0.0327. The van der Waals surface area contributed by atoms with Crippen molar-refractivity contribution in [1.82, 2.24) is 19.9 Å². The van der Waals surface area contributed by atoms with Crippen molar-refractivity contribution in [2.45, 2.75) is 38.5 Å². The summed E-state index contributed by atoms with van der Waals surface area (Å²) in [6.45, 7) is 13.8. The van der Waals surface area contributed by atoms with Crippen LogP contribution >= 0.6 is 0 Å². The van der Waals surface area contributed by atoms with Crippen molar-refractivity contribution in [3.63, 3.8) is 0 Å². The van der Waals surface area contributed by atoms with Crippen LogP contribution in [0.25, 0.3) is 10.9 Å². The number of aromatic nitrogens is 3. The van der Waals surface area contributed by atoms with Gasteiger partial charge in [-0.2, -0.15) is 10.2 Å². The van der Waals surface area contributed by atoms with Gasteiger partial charge in [-0.3, -0.25) is 9.88 Å². The number of hydrogen-bond donors (Lipinski definition) is 1. The van der Waals surface area contributed by atoms with Gasteiger partial charge in [-0.25, -0.2) is 4.98 Å². The zero-order valence-corrected chi connectivity index (χ0v) is 23.0. The van der Waals surface area contributed by atoms with Crippen LogP contribution in [0.5, 0.6) is 0 Å². The molecule has 3 aromatic rings. The van der Waals surface area contributed by atoms with E-state index in [2.05, 4.69) is 44.5 Å². The quantitative estimate of drug-likeness (QED) is 0.529. The molecular weight excluding hydrogens is 490 g/mol. The first-order valence-electron chi connectivity index (χ1n) is 14.3. The maximum Gasteiger partial charge on any atom is 0.227 e. The summed E-state index contributed by atoms with van der Waals surface area (Å²) in [6.07, 6.45) is 0.299. The van der Waals surface area contributed by atoms with Crippen molar-refractivity contribution < 1.29 is 6.11 Å². The monoisotopic (exact) mass is 528 g/mol. The first-order chi connectivity index (χ1) is 19.2. The van der Waals surface area contributed by atoms with Gasteiger partial charge in [0.15, 0.2) is 0 Å². The number of ether oxygens (including phenoxy) is 1. The number of benzene rings is 1. The molecular formula is C29H37N9O. The summed E-state index contributed by atoms with van der Waals surface area (Å²) in [6, 6.07) is 11.7. The van der Waals surface area contributed by atoms with Gasteiger partial charge >= 0.3 is 0 Å². The van der Waals surface area contributed by atoms with Crippen molar-refractivity contribution >= 4 is 28.4 Å². The van der Waals surface area contributed by atoms with Crippen molar-refractivity contribution in [2.24, 2.45) is 5.73 Å². The number of anilines is 3. The zero-order chi connectivity index (χ0) is 28.0. The van der Waals surface area contributed by atoms with Gasteiger partial charge in [0.1, 0.15) is 11.9 Å². The molecule has 3 aliphatic heterocycles. The summed E-state index contributed by atoms with van der Waals surface area (Å²) in [5, 5.41) is 10.5. The molecule has 2 aromatic heterocycles. The number of nitrogens with zero attached hydrogens (tertiary/aromatic N) is 8. The molecule has 6 rings (SSSR count). The van der Waals surface area contributed by atoms with Crippen LogP contribution in [0.4, 0.5) is 17.5 Å². The molecule has 0 aliphatic carbocycles. The lowest BCUT2D eigenvalue weighted by Crippen LogP contribution is -2.65. The van der Waals surface area contributed by atoms with Crippen LogP contribution in [-0.4, -0.2) is 96.5 Å². The number of piperazine rings is 1. The van der Waals surface area contributed by atoms with Crippen molar-refractivity contribution in [3.05, 3.63) is 47.8 Å². The molecule has 5 heterocycles. The maximum absolute atomic E-state index is 9.56. The molecule has 0 radical (unpaired) electrons. The minimum atomic E-state index is -0.144. The third kappa shape index (κ3) is 5.35. The Morgan fingerprint density at radius 1 is 1.13 bits per heavy atom. The lowest BCUT2D eigenvalue weighted by atomic mass is 9.94. The highest BCUT2D eigenvalue weighted by Gasteiger charge is 2.36. The molecule has 10 heteroatoms. The third-order valence-electron chi connectivity index (χ3n) is 7.86. The molecule has 0 amide bonds. The van der Waals surface area contributed by atoms with E-state index in [0.717, 1.165) is 87.4 Å². The Kier molecular flexibility index (Phi) is 6.43. The second-order valence-electron chi connectivity index (χ2n) is 11.5. The van der Waals surface area contributed by atoms with E-state index < -0.39 is 0 Å². The summed E-state index contributed by atoms with van der Waals surface area (Å²) in [7, 11) is 0. The van der Waals surface area contributed by atoms with Crippen LogP contribution < -0.4 is 20.4 Å². The standard InChI is InChI=1S/C29H37N9O/c1-20-13-26(38-18-29(3,31)19-38)34-28(33-20)36-11-9-35(10-12-36)16-23-17-37(15-21(2)39-23)25-7-6-22(14-30)27-24(25)5-4-8-32-27/h4-8,13,21,23H,9-12,15-19,31H2,1-3H3/t21-,23+/m1/s1/i8D. The zero-order valence-electron chi connectivity index (χ0n) is 24.0. The highest BCUT2D eigenvalue weighted by atomic mass is 16.5. The van der Waals surface area contributed by atoms with E-state index in [1.807, 2.05) is 31.2 Å². The number of pyridine rings is 1. The lowest BCUT2D eigenvalue weighted by Gasteiger charge is -2.46. The van der Waals surface area contributed by atoms with Gasteiger partial charge in [-0.15, -0.1) is 0 Å².